The average Bonchev–Trinajstić information content (AvgIpc) is 2.86. The van der Waals surface area contributed by atoms with Gasteiger partial charge in [0.1, 0.15) is 5.75 Å². The highest BCUT2D eigenvalue weighted by Crippen LogP contribution is 2.49. The number of thioether (sulfide) groups is 1. The Labute approximate surface area is 133 Å². The highest BCUT2D eigenvalue weighted by atomic mass is 32.2. The summed E-state index contributed by atoms with van der Waals surface area (Å²) in [5.74, 6) is 2.12. The molecule has 1 aliphatic heterocycles. The van der Waals surface area contributed by atoms with Gasteiger partial charge in [-0.15, -0.1) is 11.8 Å². The molecule has 0 amide bonds. The fourth-order valence-electron chi connectivity index (χ4n) is 4.42. The lowest BCUT2D eigenvalue weighted by molar-refractivity contribution is 0.181. The Morgan fingerprint density at radius 2 is 2.19 bits per heavy atom. The summed E-state index contributed by atoms with van der Waals surface area (Å²) in [5, 5.41) is 0. The maximum atomic E-state index is 5.54. The lowest BCUT2D eigenvalue weighted by atomic mass is 9.66. The molecule has 0 radical (unpaired) electrons. The molecule has 3 heteroatoms. The largest absolute Gasteiger partial charge is 0.496 e. The maximum absolute atomic E-state index is 5.54. The maximum Gasteiger partial charge on any atom is 0.132 e. The molecule has 116 valence electrons. The number of rotatable bonds is 4. The SMILES string of the molecule is CCSc1cc([C@@]23CCCCC2N(C)CC3)ccc1OC. The standard InChI is InChI=1S/C18H27NOS/c1-4-21-16-13-14(8-9-15(16)20-3)18-10-6-5-7-17(18)19(2)12-11-18/h8-9,13,17H,4-7,10-12H2,1-3H3/t17?,18-/m0/s1. The Kier molecular flexibility index (Phi) is 4.51. The molecule has 2 fully saturated rings. The van der Waals surface area contributed by atoms with Crippen molar-refractivity contribution in [2.75, 3.05) is 26.5 Å². The first-order valence-corrected chi connectivity index (χ1v) is 9.21. The molecule has 2 aliphatic rings. The van der Waals surface area contributed by atoms with E-state index in [1.165, 1.54) is 43.5 Å². The monoisotopic (exact) mass is 305 g/mol. The average molecular weight is 305 g/mol. The highest BCUT2D eigenvalue weighted by Gasteiger charge is 2.48. The van der Waals surface area contributed by atoms with E-state index in [4.69, 9.17) is 4.74 Å². The summed E-state index contributed by atoms with van der Waals surface area (Å²) in [7, 11) is 4.09. The summed E-state index contributed by atoms with van der Waals surface area (Å²) in [6, 6.07) is 7.67. The molecule has 2 atom stereocenters. The van der Waals surface area contributed by atoms with Gasteiger partial charge in [-0.2, -0.15) is 0 Å². The van der Waals surface area contributed by atoms with Gasteiger partial charge in [0.15, 0.2) is 0 Å². The molecule has 0 spiro atoms. The summed E-state index contributed by atoms with van der Waals surface area (Å²) in [4.78, 5) is 3.90. The Balaban J connectivity index is 2.00. The predicted octanol–water partition coefficient (Wildman–Crippen LogP) is 4.32. The van der Waals surface area contributed by atoms with E-state index in [0.29, 0.717) is 5.41 Å². The number of fused-ring (bicyclic) bond motifs is 1. The second kappa shape index (κ2) is 6.21. The van der Waals surface area contributed by atoms with Gasteiger partial charge in [-0.1, -0.05) is 25.8 Å². The lowest BCUT2D eigenvalue weighted by Gasteiger charge is -2.42. The Morgan fingerprint density at radius 1 is 1.33 bits per heavy atom. The first-order valence-electron chi connectivity index (χ1n) is 8.23. The second-order valence-corrected chi connectivity index (χ2v) is 7.75. The van der Waals surface area contributed by atoms with Crippen molar-refractivity contribution in [2.45, 2.75) is 55.4 Å². The number of methoxy groups -OCH3 is 1. The molecule has 1 aliphatic carbocycles. The van der Waals surface area contributed by atoms with Crippen LogP contribution in [0.3, 0.4) is 0 Å². The number of likely N-dealkylation sites (N-methyl/N-ethyl adjacent to an activating group) is 1. The summed E-state index contributed by atoms with van der Waals surface area (Å²) in [6.07, 6.45) is 6.80. The molecule has 1 saturated carbocycles. The van der Waals surface area contributed by atoms with Crippen molar-refractivity contribution in [1.82, 2.24) is 4.90 Å². The van der Waals surface area contributed by atoms with Gasteiger partial charge in [-0.05, 0) is 56.3 Å². The molecule has 3 rings (SSSR count). The minimum Gasteiger partial charge on any atom is -0.496 e. The number of nitrogens with zero attached hydrogens (tertiary/aromatic N) is 1. The van der Waals surface area contributed by atoms with Crippen LogP contribution in [0.2, 0.25) is 0 Å². The normalized spacial score (nSPS) is 29.4. The number of hydrogen-bond acceptors (Lipinski definition) is 3. The topological polar surface area (TPSA) is 12.5 Å². The summed E-state index contributed by atoms with van der Waals surface area (Å²) in [6.45, 7) is 3.45. The van der Waals surface area contributed by atoms with Crippen LogP contribution < -0.4 is 4.74 Å². The van der Waals surface area contributed by atoms with Gasteiger partial charge in [-0.3, -0.25) is 0 Å². The molecule has 21 heavy (non-hydrogen) atoms. The van der Waals surface area contributed by atoms with E-state index < -0.39 is 0 Å². The minimum atomic E-state index is 0.391. The zero-order chi connectivity index (χ0) is 14.9. The van der Waals surface area contributed by atoms with Gasteiger partial charge in [0, 0.05) is 16.4 Å². The third-order valence-electron chi connectivity index (χ3n) is 5.47. The van der Waals surface area contributed by atoms with Crippen LogP contribution in [0.4, 0.5) is 0 Å². The molecule has 1 saturated heterocycles. The van der Waals surface area contributed by atoms with Crippen LogP contribution >= 0.6 is 11.8 Å². The number of benzene rings is 1. The first kappa shape index (κ1) is 15.2. The van der Waals surface area contributed by atoms with Gasteiger partial charge in [0.05, 0.1) is 7.11 Å². The molecular formula is C18H27NOS. The molecule has 0 N–H and O–H groups in total. The third kappa shape index (κ3) is 2.59. The van der Waals surface area contributed by atoms with Crippen molar-refractivity contribution in [1.29, 1.82) is 0 Å². The van der Waals surface area contributed by atoms with E-state index in [1.54, 1.807) is 12.7 Å². The van der Waals surface area contributed by atoms with Crippen LogP contribution in [-0.2, 0) is 5.41 Å². The predicted molar refractivity (Wildman–Crippen MR) is 90.6 cm³/mol. The van der Waals surface area contributed by atoms with E-state index in [1.807, 2.05) is 11.8 Å². The van der Waals surface area contributed by atoms with Crippen LogP contribution in [0.5, 0.6) is 5.75 Å². The second-order valence-electron chi connectivity index (χ2n) is 6.45. The van der Waals surface area contributed by atoms with E-state index in [9.17, 15) is 0 Å². The van der Waals surface area contributed by atoms with Crippen molar-refractivity contribution < 1.29 is 4.74 Å². The van der Waals surface area contributed by atoms with Crippen LogP contribution in [0.1, 0.15) is 44.6 Å². The summed E-state index contributed by atoms with van der Waals surface area (Å²) < 4.78 is 5.54. The van der Waals surface area contributed by atoms with Gasteiger partial charge in [0.25, 0.3) is 0 Å². The number of likely N-dealkylation sites (tertiary alicyclic amines) is 1. The lowest BCUT2D eigenvalue weighted by Crippen LogP contribution is -2.43. The van der Waals surface area contributed by atoms with E-state index in [-0.39, 0.29) is 0 Å². The molecule has 1 aromatic carbocycles. The van der Waals surface area contributed by atoms with E-state index in [0.717, 1.165) is 17.5 Å². The molecule has 1 heterocycles. The molecule has 1 aromatic rings. The Hall–Kier alpha value is -0.670. The van der Waals surface area contributed by atoms with E-state index in [2.05, 4.69) is 37.1 Å². The van der Waals surface area contributed by atoms with Crippen LogP contribution in [-0.4, -0.2) is 37.4 Å². The van der Waals surface area contributed by atoms with E-state index >= 15 is 0 Å². The van der Waals surface area contributed by atoms with Crippen molar-refractivity contribution >= 4 is 11.8 Å². The van der Waals surface area contributed by atoms with Crippen molar-refractivity contribution in [3.63, 3.8) is 0 Å². The van der Waals surface area contributed by atoms with Crippen molar-refractivity contribution in [3.05, 3.63) is 23.8 Å². The van der Waals surface area contributed by atoms with Crippen LogP contribution in [0, 0.1) is 0 Å². The van der Waals surface area contributed by atoms with Gasteiger partial charge in [0.2, 0.25) is 0 Å². The number of hydrogen-bond donors (Lipinski definition) is 0. The van der Waals surface area contributed by atoms with Gasteiger partial charge >= 0.3 is 0 Å². The van der Waals surface area contributed by atoms with Gasteiger partial charge in [-0.25, -0.2) is 0 Å². The molecule has 0 bridgehead atoms. The fraction of sp³-hybridized carbons (Fsp3) is 0.667. The Bertz CT molecular complexity index is 500. The fourth-order valence-corrected chi connectivity index (χ4v) is 5.24. The Morgan fingerprint density at radius 3 is 2.95 bits per heavy atom. The van der Waals surface area contributed by atoms with Crippen LogP contribution in [0.25, 0.3) is 0 Å². The van der Waals surface area contributed by atoms with Crippen molar-refractivity contribution in [3.8, 4) is 5.75 Å². The zero-order valence-electron chi connectivity index (χ0n) is 13.5. The summed E-state index contributed by atoms with van der Waals surface area (Å²) >= 11 is 1.90. The molecule has 1 unspecified atom stereocenters. The molecular weight excluding hydrogens is 278 g/mol. The number of ether oxygens (including phenoxy) is 1. The quantitative estimate of drug-likeness (QED) is 0.769. The molecule has 0 aromatic heterocycles. The first-order chi connectivity index (χ1) is 10.2. The minimum absolute atomic E-state index is 0.391. The van der Waals surface area contributed by atoms with Gasteiger partial charge < -0.3 is 9.64 Å². The molecule has 2 nitrogen and oxygen atoms in total. The van der Waals surface area contributed by atoms with Crippen molar-refractivity contribution in [2.24, 2.45) is 0 Å². The summed E-state index contributed by atoms with van der Waals surface area (Å²) in [5.41, 5.74) is 1.94. The zero-order valence-corrected chi connectivity index (χ0v) is 14.3. The van der Waals surface area contributed by atoms with Crippen LogP contribution in [0.15, 0.2) is 23.1 Å². The third-order valence-corrected chi connectivity index (χ3v) is 6.39. The smallest absolute Gasteiger partial charge is 0.132 e. The highest BCUT2D eigenvalue weighted by molar-refractivity contribution is 7.99.